The summed E-state index contributed by atoms with van der Waals surface area (Å²) in [5, 5.41) is 0. The predicted octanol–water partition coefficient (Wildman–Crippen LogP) is 2.49. The zero-order valence-corrected chi connectivity index (χ0v) is 10.7. The van der Waals surface area contributed by atoms with Crippen LogP contribution in [0.15, 0.2) is 41.3 Å². The van der Waals surface area contributed by atoms with Crippen molar-refractivity contribution in [2.75, 3.05) is 10.5 Å². The van der Waals surface area contributed by atoms with Crippen LogP contribution in [0, 0.1) is 17.5 Å². The van der Waals surface area contributed by atoms with Gasteiger partial charge < -0.3 is 5.73 Å². The van der Waals surface area contributed by atoms with Crippen LogP contribution in [-0.4, -0.2) is 8.42 Å². The molecule has 2 aromatic carbocycles. The number of anilines is 2. The molecule has 0 aliphatic heterocycles. The van der Waals surface area contributed by atoms with Crippen LogP contribution in [0.1, 0.15) is 0 Å². The Balaban J connectivity index is 2.43. The van der Waals surface area contributed by atoms with E-state index < -0.39 is 32.4 Å². The molecule has 0 aromatic heterocycles. The molecule has 0 radical (unpaired) electrons. The molecule has 0 unspecified atom stereocenters. The van der Waals surface area contributed by atoms with E-state index in [-0.39, 0.29) is 11.4 Å². The smallest absolute Gasteiger partial charge is 0.262 e. The van der Waals surface area contributed by atoms with E-state index >= 15 is 0 Å². The second-order valence-electron chi connectivity index (χ2n) is 3.94. The minimum atomic E-state index is -4.27. The normalized spacial score (nSPS) is 11.3. The lowest BCUT2D eigenvalue weighted by molar-refractivity contribution is 0.568. The first-order chi connectivity index (χ1) is 9.28. The zero-order chi connectivity index (χ0) is 14.9. The number of hydrogen-bond donors (Lipinski definition) is 2. The van der Waals surface area contributed by atoms with Gasteiger partial charge in [-0.25, -0.2) is 21.6 Å². The van der Waals surface area contributed by atoms with Crippen LogP contribution in [0.5, 0.6) is 0 Å². The van der Waals surface area contributed by atoms with Crippen molar-refractivity contribution in [3.63, 3.8) is 0 Å². The summed E-state index contributed by atoms with van der Waals surface area (Å²) in [6.45, 7) is 0. The maximum atomic E-state index is 13.0. The van der Waals surface area contributed by atoms with Gasteiger partial charge in [0.2, 0.25) is 0 Å². The Morgan fingerprint density at radius 2 is 1.50 bits per heavy atom. The lowest BCUT2D eigenvalue weighted by Crippen LogP contribution is -2.15. The van der Waals surface area contributed by atoms with Gasteiger partial charge in [0.25, 0.3) is 10.0 Å². The summed E-state index contributed by atoms with van der Waals surface area (Å²) in [6, 6.07) is 4.90. The van der Waals surface area contributed by atoms with E-state index in [1.807, 2.05) is 4.72 Å². The van der Waals surface area contributed by atoms with Gasteiger partial charge in [0.15, 0.2) is 0 Å². The fraction of sp³-hybridized carbons (Fsp3) is 0. The van der Waals surface area contributed by atoms with Crippen LogP contribution in [0.2, 0.25) is 0 Å². The first-order valence-corrected chi connectivity index (χ1v) is 6.80. The molecule has 0 heterocycles. The standard InChI is InChI=1S/C12H9F3N2O2S/c13-7-1-2-11(16)12(6-7)17-20(18,19)10-4-8(14)3-9(15)5-10/h1-6,17H,16H2. The van der Waals surface area contributed by atoms with Gasteiger partial charge in [0, 0.05) is 12.1 Å². The SMILES string of the molecule is Nc1ccc(F)cc1NS(=O)(=O)c1cc(F)cc(F)c1. The van der Waals surface area contributed by atoms with Gasteiger partial charge in [0.1, 0.15) is 17.5 Å². The van der Waals surface area contributed by atoms with Crippen molar-refractivity contribution in [2.24, 2.45) is 0 Å². The van der Waals surface area contributed by atoms with Gasteiger partial charge in [-0.05, 0) is 24.3 Å². The number of halogens is 3. The first-order valence-electron chi connectivity index (χ1n) is 5.32. The Labute approximate surface area is 113 Å². The molecule has 0 saturated heterocycles. The molecular formula is C12H9F3N2O2S. The van der Waals surface area contributed by atoms with E-state index in [1.54, 1.807) is 0 Å². The van der Waals surface area contributed by atoms with Gasteiger partial charge in [-0.1, -0.05) is 0 Å². The van der Waals surface area contributed by atoms with Crippen LogP contribution in [-0.2, 0) is 10.0 Å². The molecule has 4 nitrogen and oxygen atoms in total. The quantitative estimate of drug-likeness (QED) is 0.856. The molecule has 106 valence electrons. The number of rotatable bonds is 3. The van der Waals surface area contributed by atoms with E-state index in [0.717, 1.165) is 12.1 Å². The van der Waals surface area contributed by atoms with Crippen LogP contribution in [0.25, 0.3) is 0 Å². The van der Waals surface area contributed by atoms with Gasteiger partial charge in [0.05, 0.1) is 16.3 Å². The summed E-state index contributed by atoms with van der Waals surface area (Å²) in [6.07, 6.45) is 0. The number of nitrogen functional groups attached to an aromatic ring is 1. The van der Waals surface area contributed by atoms with E-state index in [9.17, 15) is 21.6 Å². The molecule has 0 aliphatic rings. The number of sulfonamides is 1. The van der Waals surface area contributed by atoms with E-state index in [1.165, 1.54) is 6.07 Å². The molecule has 0 fully saturated rings. The van der Waals surface area contributed by atoms with Crippen molar-refractivity contribution in [1.82, 2.24) is 0 Å². The summed E-state index contributed by atoms with van der Waals surface area (Å²) in [5.74, 6) is -2.79. The van der Waals surface area contributed by atoms with Crippen molar-refractivity contribution in [3.05, 3.63) is 53.8 Å². The van der Waals surface area contributed by atoms with E-state index in [2.05, 4.69) is 0 Å². The maximum absolute atomic E-state index is 13.0. The number of nitrogens with two attached hydrogens (primary N) is 1. The van der Waals surface area contributed by atoms with Crippen LogP contribution >= 0.6 is 0 Å². The van der Waals surface area contributed by atoms with Crippen molar-refractivity contribution in [3.8, 4) is 0 Å². The number of benzene rings is 2. The predicted molar refractivity (Wildman–Crippen MR) is 68.0 cm³/mol. The molecule has 8 heteroatoms. The number of nitrogens with one attached hydrogen (secondary N) is 1. The zero-order valence-electron chi connectivity index (χ0n) is 9.90. The summed E-state index contributed by atoms with van der Waals surface area (Å²) in [4.78, 5) is -0.626. The van der Waals surface area contributed by atoms with E-state index in [0.29, 0.717) is 18.2 Å². The Hall–Kier alpha value is -2.22. The molecule has 3 N–H and O–H groups in total. The van der Waals surface area contributed by atoms with Gasteiger partial charge in [-0.3, -0.25) is 4.72 Å². The summed E-state index contributed by atoms with van der Waals surface area (Å²) >= 11 is 0. The molecular weight excluding hydrogens is 293 g/mol. The molecule has 0 atom stereocenters. The lowest BCUT2D eigenvalue weighted by atomic mass is 10.3. The van der Waals surface area contributed by atoms with Crippen molar-refractivity contribution in [2.45, 2.75) is 4.90 Å². The highest BCUT2D eigenvalue weighted by Gasteiger charge is 2.18. The molecule has 20 heavy (non-hydrogen) atoms. The number of hydrogen-bond acceptors (Lipinski definition) is 3. The largest absolute Gasteiger partial charge is 0.397 e. The van der Waals surface area contributed by atoms with Crippen molar-refractivity contribution in [1.29, 1.82) is 0 Å². The minimum Gasteiger partial charge on any atom is -0.397 e. The highest BCUT2D eigenvalue weighted by Crippen LogP contribution is 2.23. The van der Waals surface area contributed by atoms with Crippen molar-refractivity contribution < 1.29 is 21.6 Å². The Morgan fingerprint density at radius 3 is 2.10 bits per heavy atom. The highest BCUT2D eigenvalue weighted by atomic mass is 32.2. The second-order valence-corrected chi connectivity index (χ2v) is 5.62. The molecule has 2 rings (SSSR count). The fourth-order valence-corrected chi connectivity index (χ4v) is 2.62. The maximum Gasteiger partial charge on any atom is 0.262 e. The van der Waals surface area contributed by atoms with Gasteiger partial charge in [-0.15, -0.1) is 0 Å². The molecule has 2 aromatic rings. The monoisotopic (exact) mass is 302 g/mol. The van der Waals surface area contributed by atoms with Crippen LogP contribution in [0.4, 0.5) is 24.5 Å². The molecule has 0 aliphatic carbocycles. The Morgan fingerprint density at radius 1 is 0.900 bits per heavy atom. The van der Waals surface area contributed by atoms with E-state index in [4.69, 9.17) is 5.73 Å². The summed E-state index contributed by atoms with van der Waals surface area (Å²) in [5.41, 5.74) is 5.26. The van der Waals surface area contributed by atoms with Crippen LogP contribution in [0.3, 0.4) is 0 Å². The third kappa shape index (κ3) is 3.02. The fourth-order valence-electron chi connectivity index (χ4n) is 1.50. The average molecular weight is 302 g/mol. The highest BCUT2D eigenvalue weighted by molar-refractivity contribution is 7.92. The molecule has 0 saturated carbocycles. The Bertz CT molecular complexity index is 743. The molecule has 0 bridgehead atoms. The molecule has 0 amide bonds. The van der Waals surface area contributed by atoms with Gasteiger partial charge in [-0.2, -0.15) is 0 Å². The topological polar surface area (TPSA) is 72.2 Å². The van der Waals surface area contributed by atoms with Crippen molar-refractivity contribution >= 4 is 21.4 Å². The van der Waals surface area contributed by atoms with Gasteiger partial charge >= 0.3 is 0 Å². The summed E-state index contributed by atoms with van der Waals surface area (Å²) < 4.78 is 65.0. The first kappa shape index (κ1) is 14.2. The average Bonchev–Trinajstić information content (AvgIpc) is 2.32. The Kier molecular flexibility index (Phi) is 3.58. The summed E-state index contributed by atoms with van der Waals surface area (Å²) in [7, 11) is -4.27. The van der Waals surface area contributed by atoms with Crippen LogP contribution < -0.4 is 10.5 Å². The molecule has 0 spiro atoms. The lowest BCUT2D eigenvalue weighted by Gasteiger charge is -2.10. The third-order valence-corrected chi connectivity index (χ3v) is 3.75. The third-order valence-electron chi connectivity index (χ3n) is 2.41. The minimum absolute atomic E-state index is 0.0214. The second kappa shape index (κ2) is 5.04.